The summed E-state index contributed by atoms with van der Waals surface area (Å²) in [5.41, 5.74) is 2.41. The molecule has 0 spiro atoms. The fourth-order valence-electron chi connectivity index (χ4n) is 1.03. The van der Waals surface area contributed by atoms with Gasteiger partial charge < -0.3 is 0 Å². The highest BCUT2D eigenvalue weighted by molar-refractivity contribution is 5.25. The third-order valence-electron chi connectivity index (χ3n) is 1.58. The van der Waals surface area contributed by atoms with E-state index in [4.69, 9.17) is 0 Å². The summed E-state index contributed by atoms with van der Waals surface area (Å²) in [5, 5.41) is 0. The van der Waals surface area contributed by atoms with Crippen LogP contribution in [0.4, 0.5) is 0 Å². The second-order valence-electron chi connectivity index (χ2n) is 3.28. The summed E-state index contributed by atoms with van der Waals surface area (Å²) in [6, 6.07) is 0. The summed E-state index contributed by atoms with van der Waals surface area (Å²) in [6.07, 6.45) is 10.3. The van der Waals surface area contributed by atoms with Gasteiger partial charge in [0.05, 0.1) is 0 Å². The summed E-state index contributed by atoms with van der Waals surface area (Å²) in [6.45, 7) is 10.2. The molecule has 0 aromatic heterocycles. The van der Waals surface area contributed by atoms with Gasteiger partial charge in [-0.15, -0.1) is 0 Å². The fraction of sp³-hybridized carbons (Fsp3) is 0.500. The Balaban J connectivity index is 3.74. The van der Waals surface area contributed by atoms with Gasteiger partial charge in [-0.1, -0.05) is 55.7 Å². The van der Waals surface area contributed by atoms with Gasteiger partial charge in [-0.2, -0.15) is 0 Å². The molecule has 0 amide bonds. The van der Waals surface area contributed by atoms with Crippen molar-refractivity contribution in [2.24, 2.45) is 0 Å². The Bertz CT molecular complexity index is 182. The minimum Gasteiger partial charge on any atom is -0.0961 e. The first kappa shape index (κ1) is 11.2. The van der Waals surface area contributed by atoms with Gasteiger partial charge in [0.1, 0.15) is 0 Å². The first-order chi connectivity index (χ1) is 5.66. The van der Waals surface area contributed by atoms with Crippen LogP contribution >= 0.6 is 0 Å². The predicted octanol–water partition coefficient (Wildman–Crippen LogP) is 4.26. The average Bonchev–Trinajstić information content (AvgIpc) is 1.97. The Kier molecular flexibility index (Phi) is 6.45. The SMILES string of the molecule is C=C(C)C=C(C)C=CCCCC. The van der Waals surface area contributed by atoms with Crippen molar-refractivity contribution < 1.29 is 0 Å². The van der Waals surface area contributed by atoms with Gasteiger partial charge in [-0.05, 0) is 20.3 Å². The van der Waals surface area contributed by atoms with Crippen LogP contribution in [0.1, 0.15) is 40.0 Å². The Morgan fingerprint density at radius 1 is 1.33 bits per heavy atom. The summed E-state index contributed by atoms with van der Waals surface area (Å²) in [5.74, 6) is 0. The minimum absolute atomic E-state index is 1.12. The molecule has 0 atom stereocenters. The van der Waals surface area contributed by atoms with Crippen LogP contribution in [-0.2, 0) is 0 Å². The molecule has 0 rings (SSSR count). The molecule has 0 saturated carbocycles. The molecule has 12 heavy (non-hydrogen) atoms. The molecule has 68 valence electrons. The molecule has 0 nitrogen and oxygen atoms in total. The molecular weight excluding hydrogens is 144 g/mol. The highest BCUT2D eigenvalue weighted by Crippen LogP contribution is 2.03. The highest BCUT2D eigenvalue weighted by atomic mass is 13.9. The monoisotopic (exact) mass is 164 g/mol. The fourth-order valence-corrected chi connectivity index (χ4v) is 1.03. The first-order valence-corrected chi connectivity index (χ1v) is 4.67. The predicted molar refractivity (Wildman–Crippen MR) is 57.2 cm³/mol. The summed E-state index contributed by atoms with van der Waals surface area (Å²) in [7, 11) is 0. The van der Waals surface area contributed by atoms with E-state index in [1.54, 1.807) is 0 Å². The Labute approximate surface area is 76.7 Å². The largest absolute Gasteiger partial charge is 0.0961 e. The standard InChI is InChI=1S/C12H20/c1-5-6-7-8-9-12(4)10-11(2)3/h8-10H,2,5-7H2,1,3-4H3. The topological polar surface area (TPSA) is 0 Å². The number of allylic oxidation sites excluding steroid dienone is 5. The smallest absolute Gasteiger partial charge is 0.0348 e. The quantitative estimate of drug-likeness (QED) is 0.421. The van der Waals surface area contributed by atoms with Crippen molar-refractivity contribution in [2.45, 2.75) is 40.0 Å². The maximum absolute atomic E-state index is 3.83. The van der Waals surface area contributed by atoms with Crippen molar-refractivity contribution >= 4 is 0 Å². The number of rotatable bonds is 5. The van der Waals surface area contributed by atoms with E-state index < -0.39 is 0 Å². The van der Waals surface area contributed by atoms with Gasteiger partial charge >= 0.3 is 0 Å². The second-order valence-corrected chi connectivity index (χ2v) is 3.28. The molecular formula is C12H20. The molecule has 0 aromatic carbocycles. The molecule has 0 radical (unpaired) electrons. The van der Waals surface area contributed by atoms with Crippen LogP contribution in [0.5, 0.6) is 0 Å². The van der Waals surface area contributed by atoms with Crippen LogP contribution in [0.3, 0.4) is 0 Å². The van der Waals surface area contributed by atoms with Crippen LogP contribution < -0.4 is 0 Å². The Morgan fingerprint density at radius 2 is 2.00 bits per heavy atom. The van der Waals surface area contributed by atoms with E-state index in [1.807, 2.05) is 6.92 Å². The zero-order chi connectivity index (χ0) is 9.40. The highest BCUT2D eigenvalue weighted by Gasteiger charge is 1.82. The molecule has 0 aliphatic rings. The van der Waals surface area contributed by atoms with Crippen molar-refractivity contribution in [2.75, 3.05) is 0 Å². The normalized spacial score (nSPS) is 12.4. The molecule has 0 heteroatoms. The second kappa shape index (κ2) is 6.90. The van der Waals surface area contributed by atoms with E-state index in [2.05, 4.69) is 38.7 Å². The molecule has 0 saturated heterocycles. The molecule has 0 aliphatic carbocycles. The number of unbranched alkanes of at least 4 members (excludes halogenated alkanes) is 2. The van der Waals surface area contributed by atoms with Crippen molar-refractivity contribution in [3.05, 3.63) is 36.0 Å². The van der Waals surface area contributed by atoms with E-state index in [-0.39, 0.29) is 0 Å². The molecule has 0 heterocycles. The van der Waals surface area contributed by atoms with Crippen LogP contribution in [0.15, 0.2) is 36.0 Å². The summed E-state index contributed by atoms with van der Waals surface area (Å²) >= 11 is 0. The zero-order valence-corrected chi connectivity index (χ0v) is 8.56. The van der Waals surface area contributed by atoms with Gasteiger partial charge in [-0.25, -0.2) is 0 Å². The Hall–Kier alpha value is -0.780. The zero-order valence-electron chi connectivity index (χ0n) is 8.56. The van der Waals surface area contributed by atoms with Crippen LogP contribution in [0, 0.1) is 0 Å². The van der Waals surface area contributed by atoms with E-state index in [0.29, 0.717) is 0 Å². The van der Waals surface area contributed by atoms with E-state index in [1.165, 1.54) is 24.8 Å². The van der Waals surface area contributed by atoms with Crippen LogP contribution in [0.25, 0.3) is 0 Å². The maximum atomic E-state index is 3.83. The molecule has 0 unspecified atom stereocenters. The van der Waals surface area contributed by atoms with Gasteiger partial charge in [0.25, 0.3) is 0 Å². The van der Waals surface area contributed by atoms with E-state index in [9.17, 15) is 0 Å². The van der Waals surface area contributed by atoms with Gasteiger partial charge in [0, 0.05) is 0 Å². The third kappa shape index (κ3) is 7.33. The van der Waals surface area contributed by atoms with Crippen molar-refractivity contribution in [3.8, 4) is 0 Å². The summed E-state index contributed by atoms with van der Waals surface area (Å²) < 4.78 is 0. The lowest BCUT2D eigenvalue weighted by molar-refractivity contribution is 0.814. The van der Waals surface area contributed by atoms with Crippen LogP contribution in [0.2, 0.25) is 0 Å². The lowest BCUT2D eigenvalue weighted by atomic mass is 10.1. The number of hydrogen-bond acceptors (Lipinski definition) is 0. The van der Waals surface area contributed by atoms with Gasteiger partial charge in [0.15, 0.2) is 0 Å². The van der Waals surface area contributed by atoms with Crippen LogP contribution in [-0.4, -0.2) is 0 Å². The van der Waals surface area contributed by atoms with Crippen molar-refractivity contribution in [1.29, 1.82) is 0 Å². The summed E-state index contributed by atoms with van der Waals surface area (Å²) in [4.78, 5) is 0. The molecule has 0 aliphatic heterocycles. The maximum Gasteiger partial charge on any atom is -0.0348 e. The van der Waals surface area contributed by atoms with Crippen molar-refractivity contribution in [3.63, 3.8) is 0 Å². The minimum atomic E-state index is 1.12. The first-order valence-electron chi connectivity index (χ1n) is 4.67. The Morgan fingerprint density at radius 3 is 2.50 bits per heavy atom. The molecule has 0 N–H and O–H groups in total. The molecule has 0 aromatic rings. The van der Waals surface area contributed by atoms with Crippen molar-refractivity contribution in [1.82, 2.24) is 0 Å². The average molecular weight is 164 g/mol. The number of hydrogen-bond donors (Lipinski definition) is 0. The molecule has 0 fully saturated rings. The molecule has 0 bridgehead atoms. The van der Waals surface area contributed by atoms with E-state index in [0.717, 1.165) is 5.57 Å². The third-order valence-corrected chi connectivity index (χ3v) is 1.58. The lowest BCUT2D eigenvalue weighted by Gasteiger charge is -1.92. The van der Waals surface area contributed by atoms with Gasteiger partial charge in [-0.3, -0.25) is 0 Å². The van der Waals surface area contributed by atoms with Gasteiger partial charge in [0.2, 0.25) is 0 Å². The van der Waals surface area contributed by atoms with E-state index >= 15 is 0 Å². The lowest BCUT2D eigenvalue weighted by Crippen LogP contribution is -1.71.